The average molecular weight is 498 g/mol. The third kappa shape index (κ3) is 4.62. The van der Waals surface area contributed by atoms with Crippen LogP contribution in [0.4, 0.5) is 0 Å². The number of hydrogen-bond acceptors (Lipinski definition) is 6. The molecule has 2 aromatic heterocycles. The number of morpholine rings is 1. The van der Waals surface area contributed by atoms with E-state index in [9.17, 15) is 9.59 Å². The minimum Gasteiger partial charge on any atom is -0.369 e. The van der Waals surface area contributed by atoms with Crippen molar-refractivity contribution in [1.82, 2.24) is 15.2 Å². The molecule has 5 rings (SSSR count). The predicted molar refractivity (Wildman–Crippen MR) is 135 cm³/mol. The number of aromatic nitrogens is 1. The fourth-order valence-corrected chi connectivity index (χ4v) is 6.33. The van der Waals surface area contributed by atoms with Crippen molar-refractivity contribution in [2.24, 2.45) is 0 Å². The Morgan fingerprint density at radius 3 is 2.71 bits per heavy atom. The Morgan fingerprint density at radius 1 is 1.21 bits per heavy atom. The number of hydrogen-bond donors (Lipinski definition) is 1. The molecule has 2 saturated heterocycles. The van der Waals surface area contributed by atoms with Gasteiger partial charge >= 0.3 is 0 Å². The summed E-state index contributed by atoms with van der Waals surface area (Å²) in [5.74, 6) is -0.209. The Morgan fingerprint density at radius 2 is 1.97 bits per heavy atom. The zero-order valence-electron chi connectivity index (χ0n) is 19.6. The molecule has 0 saturated carbocycles. The lowest BCUT2D eigenvalue weighted by Crippen LogP contribution is -2.51. The van der Waals surface area contributed by atoms with E-state index in [0.717, 1.165) is 51.3 Å². The van der Waals surface area contributed by atoms with Crippen LogP contribution in [0.15, 0.2) is 30.5 Å². The first-order valence-electron chi connectivity index (χ1n) is 11.6. The summed E-state index contributed by atoms with van der Waals surface area (Å²) in [4.78, 5) is 31.1. The number of nitrogens with zero attached hydrogens (tertiary/aromatic N) is 2. The van der Waals surface area contributed by atoms with Crippen LogP contribution < -0.4 is 5.32 Å². The highest BCUT2D eigenvalue weighted by molar-refractivity contribution is 7.19. The molecule has 0 radical (unpaired) electrons. The summed E-state index contributed by atoms with van der Waals surface area (Å²) in [7, 11) is 0. The number of imide groups is 1. The molecule has 2 fully saturated rings. The van der Waals surface area contributed by atoms with Crippen molar-refractivity contribution < 1.29 is 14.3 Å². The van der Waals surface area contributed by atoms with E-state index in [0.29, 0.717) is 24.4 Å². The smallest absolute Gasteiger partial charge is 0.230 e. The van der Waals surface area contributed by atoms with Gasteiger partial charge in [-0.15, -0.1) is 11.3 Å². The van der Waals surface area contributed by atoms with Crippen LogP contribution in [0.5, 0.6) is 0 Å². The number of pyridine rings is 1. The standard InChI is InChI=1S/C26H28ClN3O3S/c1-15-8-16(27)9-21(20(15)10-17-12-28-14-26(2,3)33-17)19-6-7-29-22-11-18(34-25(19)22)13-30-23(31)4-5-24(30)32/h6-9,11,17,28H,4-5,10,12-14H2,1-3H3/t17-/m1/s1. The summed E-state index contributed by atoms with van der Waals surface area (Å²) in [6.45, 7) is 8.25. The van der Waals surface area contributed by atoms with E-state index < -0.39 is 0 Å². The molecule has 2 aliphatic heterocycles. The van der Waals surface area contributed by atoms with Gasteiger partial charge in [-0.1, -0.05) is 11.6 Å². The zero-order chi connectivity index (χ0) is 24.0. The first kappa shape index (κ1) is 23.4. The highest BCUT2D eigenvalue weighted by atomic mass is 35.5. The molecule has 3 aromatic rings. The van der Waals surface area contributed by atoms with Crippen molar-refractivity contribution in [2.45, 2.75) is 58.3 Å². The number of rotatable bonds is 5. The third-order valence-electron chi connectivity index (χ3n) is 6.50. The lowest BCUT2D eigenvalue weighted by Gasteiger charge is -2.37. The fourth-order valence-electron chi connectivity index (χ4n) is 4.93. The van der Waals surface area contributed by atoms with Crippen molar-refractivity contribution in [2.75, 3.05) is 13.1 Å². The van der Waals surface area contributed by atoms with Gasteiger partial charge in [0.2, 0.25) is 11.8 Å². The van der Waals surface area contributed by atoms with Crippen LogP contribution in [0.3, 0.4) is 0 Å². The Hall–Kier alpha value is -2.32. The summed E-state index contributed by atoms with van der Waals surface area (Å²) in [6, 6.07) is 8.03. The van der Waals surface area contributed by atoms with Crippen molar-refractivity contribution >= 4 is 45.0 Å². The van der Waals surface area contributed by atoms with E-state index >= 15 is 0 Å². The molecular formula is C26H28ClN3O3S. The van der Waals surface area contributed by atoms with E-state index in [1.165, 1.54) is 10.5 Å². The number of carbonyl (C=O) groups excluding carboxylic acids is 2. The van der Waals surface area contributed by atoms with Crippen LogP contribution in [-0.4, -0.2) is 46.5 Å². The number of ether oxygens (including phenoxy) is 1. The second-order valence-electron chi connectivity index (χ2n) is 9.74. The number of aryl methyl sites for hydroxylation is 1. The summed E-state index contributed by atoms with van der Waals surface area (Å²) in [5.41, 5.74) is 5.12. The maximum Gasteiger partial charge on any atom is 0.230 e. The van der Waals surface area contributed by atoms with Gasteiger partial charge in [-0.2, -0.15) is 0 Å². The van der Waals surface area contributed by atoms with E-state index in [-0.39, 0.29) is 23.5 Å². The number of nitrogens with one attached hydrogen (secondary N) is 1. The molecule has 4 heterocycles. The molecule has 8 heteroatoms. The molecule has 0 aliphatic carbocycles. The van der Waals surface area contributed by atoms with Crippen molar-refractivity contribution in [3.63, 3.8) is 0 Å². The number of benzene rings is 1. The van der Waals surface area contributed by atoms with Gasteiger partial charge in [0, 0.05) is 54.0 Å². The molecule has 0 unspecified atom stereocenters. The Labute approximate surface area is 208 Å². The Balaban J connectivity index is 1.53. The van der Waals surface area contributed by atoms with E-state index in [4.69, 9.17) is 16.3 Å². The van der Waals surface area contributed by atoms with Gasteiger partial charge in [0.05, 0.1) is 28.5 Å². The molecule has 178 valence electrons. The third-order valence-corrected chi connectivity index (χ3v) is 7.86. The summed E-state index contributed by atoms with van der Waals surface area (Å²) in [6.07, 6.45) is 3.24. The first-order valence-corrected chi connectivity index (χ1v) is 12.8. The second-order valence-corrected chi connectivity index (χ2v) is 11.3. The maximum atomic E-state index is 12.1. The Bertz CT molecular complexity index is 1270. The predicted octanol–water partition coefficient (Wildman–Crippen LogP) is 4.88. The number of thiophene rings is 1. The summed E-state index contributed by atoms with van der Waals surface area (Å²) >= 11 is 8.11. The number of carbonyl (C=O) groups is 2. The Kier molecular flexibility index (Phi) is 6.23. The number of likely N-dealkylation sites (tertiary alicyclic amines) is 1. The largest absolute Gasteiger partial charge is 0.369 e. The van der Waals surface area contributed by atoms with Gasteiger partial charge < -0.3 is 10.1 Å². The molecule has 2 amide bonds. The van der Waals surface area contributed by atoms with Crippen LogP contribution in [0.2, 0.25) is 5.02 Å². The van der Waals surface area contributed by atoms with Crippen molar-refractivity contribution in [1.29, 1.82) is 0 Å². The van der Waals surface area contributed by atoms with Crippen molar-refractivity contribution in [3.05, 3.63) is 51.5 Å². The first-order chi connectivity index (χ1) is 16.2. The number of amides is 2. The van der Waals surface area contributed by atoms with E-state index in [1.54, 1.807) is 11.3 Å². The van der Waals surface area contributed by atoms with E-state index in [2.05, 4.69) is 31.1 Å². The molecule has 34 heavy (non-hydrogen) atoms. The highest BCUT2D eigenvalue weighted by Gasteiger charge is 2.31. The quantitative estimate of drug-likeness (QED) is 0.508. The minimum absolute atomic E-state index is 0.0609. The van der Waals surface area contributed by atoms with Crippen LogP contribution in [0.25, 0.3) is 21.3 Å². The van der Waals surface area contributed by atoms with E-state index in [1.807, 2.05) is 30.5 Å². The highest BCUT2D eigenvalue weighted by Crippen LogP contribution is 2.39. The topological polar surface area (TPSA) is 71.5 Å². The number of fused-ring (bicyclic) bond motifs is 1. The molecule has 6 nitrogen and oxygen atoms in total. The average Bonchev–Trinajstić information content (AvgIpc) is 3.32. The number of halogens is 1. The fraction of sp³-hybridized carbons (Fsp3) is 0.423. The second kappa shape index (κ2) is 9.04. The van der Waals surface area contributed by atoms with Crippen LogP contribution >= 0.6 is 22.9 Å². The zero-order valence-corrected chi connectivity index (χ0v) is 21.2. The SMILES string of the molecule is Cc1cc(Cl)cc(-c2ccnc3cc(CN4C(=O)CCC4=O)sc23)c1C[C@@H]1CNCC(C)(C)O1. The summed E-state index contributed by atoms with van der Waals surface area (Å²) < 4.78 is 7.40. The maximum absolute atomic E-state index is 12.1. The van der Waals surface area contributed by atoms with Gasteiger partial charge in [0.25, 0.3) is 0 Å². The molecule has 0 bridgehead atoms. The van der Waals surface area contributed by atoms with Crippen LogP contribution in [-0.2, 0) is 27.3 Å². The monoisotopic (exact) mass is 497 g/mol. The molecule has 1 aromatic carbocycles. The van der Waals surface area contributed by atoms with Gasteiger partial charge in [-0.25, -0.2) is 0 Å². The van der Waals surface area contributed by atoms with Crippen LogP contribution in [0, 0.1) is 6.92 Å². The lowest BCUT2D eigenvalue weighted by molar-refractivity contribution is -0.138. The van der Waals surface area contributed by atoms with Crippen LogP contribution in [0.1, 0.15) is 42.7 Å². The molecule has 0 spiro atoms. The van der Waals surface area contributed by atoms with Gasteiger partial charge in [-0.05, 0) is 61.7 Å². The lowest BCUT2D eigenvalue weighted by atomic mass is 9.91. The van der Waals surface area contributed by atoms with Crippen molar-refractivity contribution in [3.8, 4) is 11.1 Å². The molecular weight excluding hydrogens is 470 g/mol. The van der Waals surface area contributed by atoms with Gasteiger partial charge in [0.15, 0.2) is 0 Å². The summed E-state index contributed by atoms with van der Waals surface area (Å²) in [5, 5.41) is 4.18. The normalized spacial score (nSPS) is 20.5. The van der Waals surface area contributed by atoms with Gasteiger partial charge in [-0.3, -0.25) is 19.5 Å². The minimum atomic E-state index is -0.208. The molecule has 2 aliphatic rings. The molecule has 1 atom stereocenters. The van der Waals surface area contributed by atoms with Gasteiger partial charge in [0.1, 0.15) is 0 Å². The molecule has 1 N–H and O–H groups in total.